The van der Waals surface area contributed by atoms with Crippen molar-refractivity contribution in [3.8, 4) is 11.5 Å². The van der Waals surface area contributed by atoms with E-state index in [0.717, 1.165) is 28.1 Å². The van der Waals surface area contributed by atoms with Crippen LogP contribution in [0.4, 0.5) is 5.13 Å². The first kappa shape index (κ1) is 26.4. The molecule has 1 saturated heterocycles. The number of hydrogen-bond donors (Lipinski definition) is 1. The maximum absolute atomic E-state index is 13.2. The molecule has 0 spiro atoms. The van der Waals surface area contributed by atoms with Crippen LogP contribution in [0.2, 0.25) is 5.02 Å². The number of anilines is 1. The number of para-hydroxylation sites is 2. The molecular weight excluding hydrogens is 544 g/mol. The Morgan fingerprint density at radius 2 is 1.82 bits per heavy atom. The molecular formula is C27H27ClN4O4S2. The molecule has 4 aromatic rings. The van der Waals surface area contributed by atoms with Crippen molar-refractivity contribution in [1.82, 2.24) is 14.9 Å². The van der Waals surface area contributed by atoms with E-state index in [1.54, 1.807) is 38.5 Å². The van der Waals surface area contributed by atoms with Crippen molar-refractivity contribution in [3.63, 3.8) is 0 Å². The molecule has 11 heteroatoms. The van der Waals surface area contributed by atoms with Gasteiger partial charge < -0.3 is 14.4 Å². The lowest BCUT2D eigenvalue weighted by Crippen LogP contribution is -2.51. The number of methoxy groups -OCH3 is 1. The first-order chi connectivity index (χ1) is 18.2. The van der Waals surface area contributed by atoms with Gasteiger partial charge in [-0.1, -0.05) is 41.1 Å². The van der Waals surface area contributed by atoms with E-state index in [2.05, 4.69) is 15.3 Å². The summed E-state index contributed by atoms with van der Waals surface area (Å²) in [4.78, 5) is 37.0. The number of piperidine rings is 1. The Bertz CT molecular complexity index is 1480. The molecule has 8 nitrogen and oxygen atoms in total. The van der Waals surface area contributed by atoms with Crippen molar-refractivity contribution in [1.29, 1.82) is 0 Å². The minimum absolute atomic E-state index is 0.0810. The lowest BCUT2D eigenvalue weighted by atomic mass is 9.96. The smallest absolute Gasteiger partial charge is 0.276 e. The van der Waals surface area contributed by atoms with Crippen molar-refractivity contribution >= 4 is 61.4 Å². The Balaban J connectivity index is 1.18. The van der Waals surface area contributed by atoms with Crippen LogP contribution in [0.15, 0.2) is 47.8 Å². The predicted molar refractivity (Wildman–Crippen MR) is 151 cm³/mol. The normalized spacial score (nSPS) is 14.5. The van der Waals surface area contributed by atoms with Gasteiger partial charge in [-0.25, -0.2) is 9.97 Å². The molecule has 0 bridgehead atoms. The highest BCUT2D eigenvalue weighted by molar-refractivity contribution is 7.22. The number of likely N-dealkylation sites (tertiary alicyclic amines) is 1. The zero-order valence-electron chi connectivity index (χ0n) is 21.2. The summed E-state index contributed by atoms with van der Waals surface area (Å²) in [5.41, 5.74) is 0.0366. The lowest BCUT2D eigenvalue weighted by Gasteiger charge is -2.36. The summed E-state index contributed by atoms with van der Waals surface area (Å²) in [6, 6.07) is 12.8. The van der Waals surface area contributed by atoms with Crippen LogP contribution in [-0.2, 0) is 4.79 Å². The Morgan fingerprint density at radius 3 is 2.55 bits per heavy atom. The number of rotatable bonds is 7. The molecule has 1 aliphatic heterocycles. The van der Waals surface area contributed by atoms with Gasteiger partial charge in [0.05, 0.1) is 21.8 Å². The van der Waals surface area contributed by atoms with Crippen LogP contribution < -0.4 is 14.8 Å². The van der Waals surface area contributed by atoms with Crippen LogP contribution in [0.5, 0.6) is 11.5 Å². The van der Waals surface area contributed by atoms with E-state index in [9.17, 15) is 9.59 Å². The zero-order valence-corrected chi connectivity index (χ0v) is 23.6. The fraction of sp³-hybridized carbons (Fsp3) is 0.333. The largest absolute Gasteiger partial charge is 0.494 e. The molecule has 1 fully saturated rings. The fourth-order valence-corrected chi connectivity index (χ4v) is 6.46. The third kappa shape index (κ3) is 5.48. The molecule has 2 aromatic carbocycles. The van der Waals surface area contributed by atoms with Crippen LogP contribution in [0.25, 0.3) is 10.2 Å². The topological polar surface area (TPSA) is 93.7 Å². The summed E-state index contributed by atoms with van der Waals surface area (Å²) in [7, 11) is 1.60. The van der Waals surface area contributed by atoms with Gasteiger partial charge >= 0.3 is 0 Å². The third-order valence-corrected chi connectivity index (χ3v) is 8.68. The molecule has 3 heterocycles. The van der Waals surface area contributed by atoms with E-state index >= 15 is 0 Å². The van der Waals surface area contributed by atoms with Crippen molar-refractivity contribution in [2.45, 2.75) is 38.2 Å². The van der Waals surface area contributed by atoms with Crippen molar-refractivity contribution in [2.24, 2.45) is 0 Å². The zero-order chi connectivity index (χ0) is 26.9. The quantitative estimate of drug-likeness (QED) is 0.283. The average Bonchev–Trinajstić information content (AvgIpc) is 3.57. The molecule has 2 amide bonds. The van der Waals surface area contributed by atoms with Gasteiger partial charge in [-0.2, -0.15) is 0 Å². The maximum Gasteiger partial charge on any atom is 0.276 e. The van der Waals surface area contributed by atoms with Gasteiger partial charge in [0.1, 0.15) is 22.7 Å². The molecule has 1 aliphatic rings. The lowest BCUT2D eigenvalue weighted by molar-refractivity contribution is -0.146. The van der Waals surface area contributed by atoms with Gasteiger partial charge in [0, 0.05) is 24.4 Å². The Labute approximate surface area is 233 Å². The SMILES string of the molecule is COc1cccc2sc(NC(=O)c3csc(C4CCN(C(=O)C(C)(C)Oc5ccccc5Cl)CC4)n3)nc12. The number of aromatic nitrogens is 2. The van der Waals surface area contributed by atoms with E-state index in [1.165, 1.54) is 22.7 Å². The van der Waals surface area contributed by atoms with E-state index in [1.807, 2.05) is 35.2 Å². The molecule has 0 aliphatic carbocycles. The first-order valence-electron chi connectivity index (χ1n) is 12.2. The second-order valence-electron chi connectivity index (χ2n) is 9.46. The first-order valence-corrected chi connectivity index (χ1v) is 14.3. The number of hydrogen-bond acceptors (Lipinski definition) is 8. The maximum atomic E-state index is 13.2. The molecule has 198 valence electrons. The molecule has 38 heavy (non-hydrogen) atoms. The standard InChI is InChI=1S/C27H27ClN4O4S2/c1-27(2,36-19-8-5-4-7-17(19)28)25(34)32-13-11-16(12-14-32)24-29-18(15-37-24)23(33)31-26-30-22-20(35-3)9-6-10-21(22)38-26/h4-10,15-16H,11-14H2,1-3H3,(H,30,31,33). The number of carbonyl (C=O) groups is 2. The van der Waals surface area contributed by atoms with Crippen LogP contribution in [0, 0.1) is 0 Å². The number of carbonyl (C=O) groups excluding carboxylic acids is 2. The number of amides is 2. The summed E-state index contributed by atoms with van der Waals surface area (Å²) in [6.07, 6.45) is 1.53. The van der Waals surface area contributed by atoms with Crippen LogP contribution >= 0.6 is 34.3 Å². The van der Waals surface area contributed by atoms with Gasteiger partial charge in [-0.05, 0) is 51.0 Å². The summed E-state index contributed by atoms with van der Waals surface area (Å²) in [5, 5.41) is 6.50. The summed E-state index contributed by atoms with van der Waals surface area (Å²) >= 11 is 9.08. The van der Waals surface area contributed by atoms with Gasteiger partial charge in [-0.3, -0.25) is 14.9 Å². The molecule has 0 atom stereocenters. The van der Waals surface area contributed by atoms with Crippen LogP contribution in [0.1, 0.15) is 48.1 Å². The van der Waals surface area contributed by atoms with Crippen molar-refractivity contribution in [2.75, 3.05) is 25.5 Å². The van der Waals surface area contributed by atoms with Crippen molar-refractivity contribution in [3.05, 3.63) is 63.6 Å². The highest BCUT2D eigenvalue weighted by Gasteiger charge is 2.37. The second-order valence-corrected chi connectivity index (χ2v) is 11.8. The number of halogens is 1. The second kappa shape index (κ2) is 10.9. The predicted octanol–water partition coefficient (Wildman–Crippen LogP) is 6.23. The molecule has 0 saturated carbocycles. The van der Waals surface area contributed by atoms with E-state index < -0.39 is 5.60 Å². The van der Waals surface area contributed by atoms with Crippen molar-refractivity contribution < 1.29 is 19.1 Å². The third-order valence-electron chi connectivity index (χ3n) is 6.43. The molecule has 0 unspecified atom stereocenters. The molecule has 0 radical (unpaired) electrons. The number of ether oxygens (including phenoxy) is 2. The molecule has 5 rings (SSSR count). The highest BCUT2D eigenvalue weighted by Crippen LogP contribution is 2.34. The number of nitrogens with one attached hydrogen (secondary N) is 1. The summed E-state index contributed by atoms with van der Waals surface area (Å²) in [6.45, 7) is 4.71. The number of nitrogens with zero attached hydrogens (tertiary/aromatic N) is 3. The summed E-state index contributed by atoms with van der Waals surface area (Å²) in [5.74, 6) is 0.962. The number of thiazole rings is 2. The number of benzene rings is 2. The minimum atomic E-state index is -1.05. The Kier molecular flexibility index (Phi) is 7.56. The van der Waals surface area contributed by atoms with Gasteiger partial charge in [0.15, 0.2) is 10.7 Å². The molecule has 1 N–H and O–H groups in total. The van der Waals surface area contributed by atoms with E-state index in [-0.39, 0.29) is 17.7 Å². The number of fused-ring (bicyclic) bond motifs is 1. The fourth-order valence-electron chi connectivity index (χ4n) is 4.44. The molecule has 2 aromatic heterocycles. The van der Waals surface area contributed by atoms with Crippen LogP contribution in [0.3, 0.4) is 0 Å². The highest BCUT2D eigenvalue weighted by atomic mass is 35.5. The minimum Gasteiger partial charge on any atom is -0.494 e. The van der Waals surface area contributed by atoms with Gasteiger partial charge in [0.2, 0.25) is 0 Å². The van der Waals surface area contributed by atoms with Gasteiger partial charge in [0.25, 0.3) is 11.8 Å². The van der Waals surface area contributed by atoms with E-state index in [0.29, 0.717) is 40.4 Å². The monoisotopic (exact) mass is 570 g/mol. The average molecular weight is 571 g/mol. The van der Waals surface area contributed by atoms with Gasteiger partial charge in [-0.15, -0.1) is 11.3 Å². The summed E-state index contributed by atoms with van der Waals surface area (Å²) < 4.78 is 12.3. The Morgan fingerprint density at radius 1 is 1.08 bits per heavy atom. The Hall–Kier alpha value is -3.21. The van der Waals surface area contributed by atoms with Crippen LogP contribution in [-0.4, -0.2) is 52.5 Å². The van der Waals surface area contributed by atoms with E-state index in [4.69, 9.17) is 21.1 Å².